The number of rotatable bonds is 8. The molecule has 0 unspecified atom stereocenters. The van der Waals surface area contributed by atoms with E-state index in [4.69, 9.17) is 4.74 Å². The van der Waals surface area contributed by atoms with Crippen molar-refractivity contribution < 1.29 is 14.3 Å². The lowest BCUT2D eigenvalue weighted by atomic mass is 10.1. The van der Waals surface area contributed by atoms with Crippen LogP contribution in [0.2, 0.25) is 0 Å². The zero-order valence-corrected chi connectivity index (χ0v) is 16.3. The van der Waals surface area contributed by atoms with Crippen LogP contribution in [0.3, 0.4) is 0 Å². The van der Waals surface area contributed by atoms with Gasteiger partial charge in [0.05, 0.1) is 11.8 Å². The van der Waals surface area contributed by atoms with Crippen LogP contribution in [-0.4, -0.2) is 29.4 Å². The maximum absolute atomic E-state index is 12.6. The van der Waals surface area contributed by atoms with Gasteiger partial charge in [-0.15, -0.1) is 0 Å². The molecule has 1 heterocycles. The first-order valence-corrected chi connectivity index (χ1v) is 9.19. The van der Waals surface area contributed by atoms with Crippen LogP contribution in [0, 0.1) is 5.92 Å². The SMILES string of the molecule is CC(C)CCNC(=O)c1cccc(C(=O)Nc2ccccc2OC(C)C)n1. The highest BCUT2D eigenvalue weighted by Crippen LogP contribution is 2.25. The largest absolute Gasteiger partial charge is 0.489 e. The molecule has 144 valence electrons. The summed E-state index contributed by atoms with van der Waals surface area (Å²) < 4.78 is 5.71. The topological polar surface area (TPSA) is 80.3 Å². The Kier molecular flexibility index (Phi) is 7.34. The van der Waals surface area contributed by atoms with Gasteiger partial charge in [-0.1, -0.05) is 32.0 Å². The first-order valence-electron chi connectivity index (χ1n) is 9.19. The Balaban J connectivity index is 2.08. The molecule has 0 spiro atoms. The number of ether oxygens (including phenoxy) is 1. The zero-order chi connectivity index (χ0) is 19.8. The van der Waals surface area contributed by atoms with Crippen molar-refractivity contribution in [2.75, 3.05) is 11.9 Å². The molecule has 1 aromatic carbocycles. The standard InChI is InChI=1S/C21H27N3O3/c1-14(2)12-13-22-20(25)17-9-7-10-18(23-17)21(26)24-16-8-5-6-11-19(16)27-15(3)4/h5-11,14-15H,12-13H2,1-4H3,(H,22,25)(H,24,26). The maximum atomic E-state index is 12.6. The highest BCUT2D eigenvalue weighted by atomic mass is 16.5. The molecule has 0 radical (unpaired) electrons. The predicted molar refractivity (Wildman–Crippen MR) is 106 cm³/mol. The van der Waals surface area contributed by atoms with Crippen molar-refractivity contribution in [3.05, 3.63) is 53.9 Å². The number of aromatic nitrogens is 1. The number of amides is 2. The van der Waals surface area contributed by atoms with Crippen LogP contribution in [0.1, 0.15) is 55.1 Å². The number of carbonyl (C=O) groups excluding carboxylic acids is 2. The molecule has 0 aliphatic carbocycles. The smallest absolute Gasteiger partial charge is 0.274 e. The number of hydrogen-bond acceptors (Lipinski definition) is 4. The van der Waals surface area contributed by atoms with Crippen LogP contribution in [0.4, 0.5) is 5.69 Å². The van der Waals surface area contributed by atoms with Gasteiger partial charge < -0.3 is 15.4 Å². The molecule has 0 aliphatic rings. The van der Waals surface area contributed by atoms with Gasteiger partial charge in [0, 0.05) is 6.54 Å². The number of nitrogens with one attached hydrogen (secondary N) is 2. The second-order valence-corrected chi connectivity index (χ2v) is 6.96. The molecule has 0 saturated heterocycles. The summed E-state index contributed by atoms with van der Waals surface area (Å²) in [5.74, 6) is 0.410. The normalized spacial score (nSPS) is 10.7. The Bertz CT molecular complexity index is 788. The fourth-order valence-corrected chi connectivity index (χ4v) is 2.37. The second-order valence-electron chi connectivity index (χ2n) is 6.96. The summed E-state index contributed by atoms with van der Waals surface area (Å²) in [4.78, 5) is 29.0. The van der Waals surface area contributed by atoms with Crippen LogP contribution in [-0.2, 0) is 0 Å². The van der Waals surface area contributed by atoms with Crippen molar-refractivity contribution in [3.8, 4) is 5.75 Å². The lowest BCUT2D eigenvalue weighted by Gasteiger charge is -2.14. The first-order chi connectivity index (χ1) is 12.9. The van der Waals surface area contributed by atoms with Gasteiger partial charge in [0.1, 0.15) is 17.1 Å². The van der Waals surface area contributed by atoms with Crippen molar-refractivity contribution in [1.29, 1.82) is 0 Å². The van der Waals surface area contributed by atoms with Crippen LogP contribution in [0.15, 0.2) is 42.5 Å². The van der Waals surface area contributed by atoms with E-state index in [1.165, 1.54) is 0 Å². The van der Waals surface area contributed by atoms with Crippen LogP contribution in [0.5, 0.6) is 5.75 Å². The number of benzene rings is 1. The molecule has 2 aromatic rings. The molecule has 2 N–H and O–H groups in total. The van der Waals surface area contributed by atoms with Gasteiger partial charge in [-0.25, -0.2) is 4.98 Å². The van der Waals surface area contributed by atoms with E-state index in [1.54, 1.807) is 30.3 Å². The molecular weight excluding hydrogens is 342 g/mol. The van der Waals surface area contributed by atoms with E-state index >= 15 is 0 Å². The molecular formula is C21H27N3O3. The molecule has 2 amide bonds. The Labute approximate surface area is 160 Å². The molecule has 0 aliphatic heterocycles. The average Bonchev–Trinajstić information content (AvgIpc) is 2.62. The first kappa shape index (κ1) is 20.4. The summed E-state index contributed by atoms with van der Waals surface area (Å²) in [6, 6.07) is 12.0. The summed E-state index contributed by atoms with van der Waals surface area (Å²) in [6.07, 6.45) is 0.873. The highest BCUT2D eigenvalue weighted by molar-refractivity contribution is 6.04. The highest BCUT2D eigenvalue weighted by Gasteiger charge is 2.14. The van der Waals surface area contributed by atoms with E-state index in [0.717, 1.165) is 6.42 Å². The third kappa shape index (κ3) is 6.40. The summed E-state index contributed by atoms with van der Waals surface area (Å²) in [5.41, 5.74) is 0.953. The Hall–Kier alpha value is -2.89. The summed E-state index contributed by atoms with van der Waals surface area (Å²) in [5, 5.41) is 5.62. The predicted octanol–water partition coefficient (Wildman–Crippen LogP) is 3.90. The lowest BCUT2D eigenvalue weighted by molar-refractivity contribution is 0.0947. The number of nitrogens with zero attached hydrogens (tertiary/aromatic N) is 1. The Morgan fingerprint density at radius 2 is 1.63 bits per heavy atom. The Morgan fingerprint density at radius 3 is 2.30 bits per heavy atom. The number of para-hydroxylation sites is 2. The number of anilines is 1. The van der Waals surface area contributed by atoms with Gasteiger partial charge in [0.25, 0.3) is 11.8 Å². The van der Waals surface area contributed by atoms with Gasteiger partial charge in [-0.3, -0.25) is 9.59 Å². The summed E-state index contributed by atoms with van der Waals surface area (Å²) in [6.45, 7) is 8.60. The Morgan fingerprint density at radius 1 is 0.963 bits per heavy atom. The van der Waals surface area contributed by atoms with E-state index in [-0.39, 0.29) is 23.4 Å². The molecule has 6 heteroatoms. The number of pyridine rings is 1. The van der Waals surface area contributed by atoms with E-state index in [1.807, 2.05) is 26.0 Å². The van der Waals surface area contributed by atoms with E-state index in [0.29, 0.717) is 23.9 Å². The minimum atomic E-state index is -0.397. The molecule has 0 fully saturated rings. The van der Waals surface area contributed by atoms with Crippen LogP contribution < -0.4 is 15.4 Å². The van der Waals surface area contributed by atoms with E-state index in [2.05, 4.69) is 29.5 Å². The van der Waals surface area contributed by atoms with Crippen molar-refractivity contribution in [1.82, 2.24) is 10.3 Å². The summed E-state index contributed by atoms with van der Waals surface area (Å²) >= 11 is 0. The number of carbonyl (C=O) groups is 2. The van der Waals surface area contributed by atoms with E-state index in [9.17, 15) is 9.59 Å². The quantitative estimate of drug-likeness (QED) is 0.740. The fraction of sp³-hybridized carbons (Fsp3) is 0.381. The second kappa shape index (κ2) is 9.71. The molecule has 0 bridgehead atoms. The minimum absolute atomic E-state index is 0.0148. The van der Waals surface area contributed by atoms with Gasteiger partial charge in [-0.2, -0.15) is 0 Å². The van der Waals surface area contributed by atoms with Crippen molar-refractivity contribution in [2.45, 2.75) is 40.2 Å². The van der Waals surface area contributed by atoms with Gasteiger partial charge >= 0.3 is 0 Å². The molecule has 27 heavy (non-hydrogen) atoms. The zero-order valence-electron chi connectivity index (χ0n) is 16.3. The van der Waals surface area contributed by atoms with Gasteiger partial charge in [-0.05, 0) is 50.5 Å². The van der Waals surface area contributed by atoms with Crippen LogP contribution >= 0.6 is 0 Å². The van der Waals surface area contributed by atoms with Gasteiger partial charge in [0.2, 0.25) is 0 Å². The van der Waals surface area contributed by atoms with Crippen molar-refractivity contribution in [3.63, 3.8) is 0 Å². The lowest BCUT2D eigenvalue weighted by Crippen LogP contribution is -2.27. The molecule has 1 aromatic heterocycles. The third-order valence-electron chi connectivity index (χ3n) is 3.72. The molecule has 6 nitrogen and oxygen atoms in total. The molecule has 2 rings (SSSR count). The molecule has 0 atom stereocenters. The third-order valence-corrected chi connectivity index (χ3v) is 3.72. The van der Waals surface area contributed by atoms with Crippen molar-refractivity contribution >= 4 is 17.5 Å². The van der Waals surface area contributed by atoms with Crippen molar-refractivity contribution in [2.24, 2.45) is 5.92 Å². The average molecular weight is 369 g/mol. The van der Waals surface area contributed by atoms with Crippen LogP contribution in [0.25, 0.3) is 0 Å². The number of hydrogen-bond donors (Lipinski definition) is 2. The fourth-order valence-electron chi connectivity index (χ4n) is 2.37. The maximum Gasteiger partial charge on any atom is 0.274 e. The minimum Gasteiger partial charge on any atom is -0.489 e. The molecule has 0 saturated carbocycles. The monoisotopic (exact) mass is 369 g/mol. The van der Waals surface area contributed by atoms with E-state index < -0.39 is 5.91 Å². The van der Waals surface area contributed by atoms with Gasteiger partial charge in [0.15, 0.2) is 0 Å². The summed E-state index contributed by atoms with van der Waals surface area (Å²) in [7, 11) is 0.